The van der Waals surface area contributed by atoms with Crippen LogP contribution in [0.5, 0.6) is 0 Å². The van der Waals surface area contributed by atoms with Crippen LogP contribution < -0.4 is 0 Å². The number of allylic oxidation sites excluding steroid dienone is 2. The van der Waals surface area contributed by atoms with Crippen molar-refractivity contribution in [3.8, 4) is 0 Å². The Hall–Kier alpha value is -3.29. The average molecular weight is 563 g/mol. The lowest BCUT2D eigenvalue weighted by Crippen LogP contribution is -2.30. The Morgan fingerprint density at radius 2 is 1.00 bits per heavy atom. The van der Waals surface area contributed by atoms with Gasteiger partial charge in [0.25, 0.3) is 0 Å². The molecule has 0 aromatic rings. The maximum Gasteiger partial charge on any atom is 0.513 e. The van der Waals surface area contributed by atoms with E-state index in [1.807, 2.05) is 0 Å². The minimum Gasteiger partial charge on any atom is -0.430 e. The molecule has 0 saturated heterocycles. The van der Waals surface area contributed by atoms with E-state index < -0.39 is 37.8 Å². The van der Waals surface area contributed by atoms with Crippen molar-refractivity contribution >= 4 is 18.5 Å². The quantitative estimate of drug-likeness (QED) is 0.0357. The van der Waals surface area contributed by atoms with Crippen molar-refractivity contribution in [2.45, 2.75) is 83.2 Å². The minimum atomic E-state index is -1.24. The molecule has 0 rings (SSSR count). The first-order valence-electron chi connectivity index (χ1n) is 13.0. The van der Waals surface area contributed by atoms with Gasteiger partial charge in [-0.1, -0.05) is 38.5 Å². The Morgan fingerprint density at radius 3 is 1.49 bits per heavy atom. The summed E-state index contributed by atoms with van der Waals surface area (Å²) >= 11 is 0. The molecule has 0 spiro atoms. The molecule has 13 nitrogen and oxygen atoms in total. The van der Waals surface area contributed by atoms with Gasteiger partial charge in [0.1, 0.15) is 19.5 Å². The normalized spacial score (nSPS) is 12.0. The topological polar surface area (TPSA) is 177 Å². The highest BCUT2D eigenvalue weighted by atomic mass is 17.1. The van der Waals surface area contributed by atoms with Crippen molar-refractivity contribution in [1.29, 1.82) is 0 Å². The van der Waals surface area contributed by atoms with Gasteiger partial charge in [0, 0.05) is 13.2 Å². The maximum absolute atomic E-state index is 12.0. The zero-order chi connectivity index (χ0) is 28.8. The van der Waals surface area contributed by atoms with E-state index in [0.29, 0.717) is 25.4 Å². The average Bonchev–Trinajstić information content (AvgIpc) is 2.92. The van der Waals surface area contributed by atoms with Gasteiger partial charge in [-0.25, -0.2) is 19.6 Å². The second-order valence-corrected chi connectivity index (χ2v) is 8.15. The second-order valence-electron chi connectivity index (χ2n) is 8.15. The third-order valence-electron chi connectivity index (χ3n) is 4.90. The van der Waals surface area contributed by atoms with Crippen LogP contribution in [0.25, 0.3) is 0 Å². The fourth-order valence-electron chi connectivity index (χ4n) is 2.93. The molecule has 224 valence electrons. The Morgan fingerprint density at radius 1 is 0.564 bits per heavy atom. The van der Waals surface area contributed by atoms with Crippen LogP contribution in [-0.4, -0.2) is 66.5 Å². The summed E-state index contributed by atoms with van der Waals surface area (Å²) in [6.07, 6.45) is 13.2. The molecule has 0 aliphatic carbocycles. The van der Waals surface area contributed by atoms with Crippen molar-refractivity contribution in [3.05, 3.63) is 37.2 Å². The minimum absolute atomic E-state index is 0.190. The Bertz CT molecular complexity index is 706. The van der Waals surface area contributed by atoms with E-state index in [0.717, 1.165) is 64.2 Å². The van der Waals surface area contributed by atoms with Gasteiger partial charge in [-0.05, 0) is 50.7 Å². The summed E-state index contributed by atoms with van der Waals surface area (Å²) in [5.41, 5.74) is 0. The lowest BCUT2D eigenvalue weighted by Gasteiger charge is -2.16. The standard InChI is InChI=1S/C26H42O13/c27-15-11-7-3-1-5-9-13-17-33-24(29)36-21-23(22-37-25(30)35-19-20-38-32)39-26(31)34-18-14-10-6-2-4-8-12-16-28/h13-14,17-20,23,27-28,32H,1-12,15-16,21-22H2/b17-13-,18-14-,20-19-. The van der Waals surface area contributed by atoms with Crippen molar-refractivity contribution in [3.63, 3.8) is 0 Å². The van der Waals surface area contributed by atoms with Gasteiger partial charge >= 0.3 is 18.5 Å². The van der Waals surface area contributed by atoms with E-state index in [1.165, 1.54) is 12.5 Å². The highest BCUT2D eigenvalue weighted by molar-refractivity contribution is 5.62. The van der Waals surface area contributed by atoms with Crippen LogP contribution in [0.2, 0.25) is 0 Å². The van der Waals surface area contributed by atoms with E-state index >= 15 is 0 Å². The summed E-state index contributed by atoms with van der Waals surface area (Å²) in [7, 11) is 0. The van der Waals surface area contributed by atoms with Crippen LogP contribution >= 0.6 is 0 Å². The van der Waals surface area contributed by atoms with Gasteiger partial charge in [-0.2, -0.15) is 0 Å². The van der Waals surface area contributed by atoms with Gasteiger partial charge in [-0.15, -0.1) is 0 Å². The third kappa shape index (κ3) is 26.1. The van der Waals surface area contributed by atoms with Crippen LogP contribution in [0, 0.1) is 0 Å². The fourth-order valence-corrected chi connectivity index (χ4v) is 2.93. The lowest BCUT2D eigenvalue weighted by atomic mass is 10.1. The van der Waals surface area contributed by atoms with E-state index in [-0.39, 0.29) is 13.2 Å². The van der Waals surface area contributed by atoms with Crippen molar-refractivity contribution < 1.29 is 63.2 Å². The van der Waals surface area contributed by atoms with E-state index in [9.17, 15) is 14.4 Å². The molecule has 1 unspecified atom stereocenters. The van der Waals surface area contributed by atoms with Gasteiger partial charge in [-0.3, -0.25) is 0 Å². The number of carbonyl (C=O) groups excluding carboxylic acids is 3. The summed E-state index contributed by atoms with van der Waals surface area (Å²) in [5.74, 6) is 0. The van der Waals surface area contributed by atoms with Crippen LogP contribution in [0.3, 0.4) is 0 Å². The molecule has 0 heterocycles. The highest BCUT2D eigenvalue weighted by Crippen LogP contribution is 2.07. The number of aliphatic hydroxyl groups is 2. The van der Waals surface area contributed by atoms with Crippen molar-refractivity contribution in [1.82, 2.24) is 0 Å². The molecular formula is C26H42O13. The fraction of sp³-hybridized carbons (Fsp3) is 0.654. The number of carbonyl (C=O) groups is 3. The molecular weight excluding hydrogens is 520 g/mol. The Kier molecular flexibility index (Phi) is 25.4. The van der Waals surface area contributed by atoms with E-state index in [4.69, 9.17) is 39.2 Å². The highest BCUT2D eigenvalue weighted by Gasteiger charge is 2.21. The Labute approximate surface area is 228 Å². The predicted octanol–water partition coefficient (Wildman–Crippen LogP) is 5.47. The number of rotatable bonds is 23. The van der Waals surface area contributed by atoms with E-state index in [2.05, 4.69) is 9.62 Å². The number of aliphatic hydroxyl groups excluding tert-OH is 2. The first kappa shape index (κ1) is 35.7. The largest absolute Gasteiger partial charge is 0.513 e. The summed E-state index contributed by atoms with van der Waals surface area (Å²) in [6, 6.07) is 0. The smallest absolute Gasteiger partial charge is 0.430 e. The lowest BCUT2D eigenvalue weighted by molar-refractivity contribution is -0.188. The van der Waals surface area contributed by atoms with Crippen LogP contribution in [0.1, 0.15) is 77.0 Å². The molecule has 0 aromatic heterocycles. The van der Waals surface area contributed by atoms with Crippen LogP contribution in [-0.2, 0) is 33.3 Å². The number of unbranched alkanes of at least 4 members (excludes halogenated alkanes) is 10. The number of hydrogen-bond acceptors (Lipinski definition) is 13. The molecule has 0 aliphatic heterocycles. The van der Waals surface area contributed by atoms with Crippen molar-refractivity contribution in [2.24, 2.45) is 0 Å². The maximum atomic E-state index is 12.0. The SMILES string of the molecule is O=C(O/C=C\CCCCCCCO)OCC(COC(=O)O/C=C\OO)OC(=O)O/C=C\CCCCCCCO. The van der Waals surface area contributed by atoms with Crippen LogP contribution in [0.4, 0.5) is 14.4 Å². The van der Waals surface area contributed by atoms with E-state index in [1.54, 1.807) is 12.2 Å². The second kappa shape index (κ2) is 27.7. The zero-order valence-electron chi connectivity index (χ0n) is 22.3. The molecule has 1 atom stereocenters. The molecule has 0 aliphatic rings. The summed E-state index contributed by atoms with van der Waals surface area (Å²) in [4.78, 5) is 38.9. The van der Waals surface area contributed by atoms with Gasteiger partial charge in [0.05, 0.1) is 12.5 Å². The number of hydrogen-bond donors (Lipinski definition) is 3. The zero-order valence-corrected chi connectivity index (χ0v) is 22.3. The molecule has 3 N–H and O–H groups in total. The molecule has 0 saturated carbocycles. The summed E-state index contributed by atoms with van der Waals surface area (Å²) < 4.78 is 28.8. The first-order chi connectivity index (χ1) is 19.0. The first-order valence-corrected chi connectivity index (χ1v) is 13.0. The molecule has 0 amide bonds. The number of ether oxygens (including phenoxy) is 6. The monoisotopic (exact) mass is 562 g/mol. The van der Waals surface area contributed by atoms with Gasteiger partial charge in [0.2, 0.25) is 0 Å². The summed E-state index contributed by atoms with van der Waals surface area (Å²) in [5, 5.41) is 25.6. The molecule has 0 radical (unpaired) electrons. The molecule has 0 aromatic carbocycles. The third-order valence-corrected chi connectivity index (χ3v) is 4.90. The van der Waals surface area contributed by atoms with Crippen LogP contribution in [0.15, 0.2) is 37.2 Å². The van der Waals surface area contributed by atoms with Gasteiger partial charge < -0.3 is 43.5 Å². The summed E-state index contributed by atoms with van der Waals surface area (Å²) in [6.45, 7) is -0.664. The molecule has 0 fully saturated rings. The Balaban J connectivity index is 4.45. The predicted molar refractivity (Wildman–Crippen MR) is 137 cm³/mol. The van der Waals surface area contributed by atoms with Crippen molar-refractivity contribution in [2.75, 3.05) is 26.4 Å². The van der Waals surface area contributed by atoms with Gasteiger partial charge in [0.15, 0.2) is 12.4 Å². The molecule has 13 heteroatoms. The molecule has 39 heavy (non-hydrogen) atoms. The molecule has 0 bridgehead atoms.